The predicted molar refractivity (Wildman–Crippen MR) is 124 cm³/mol. The zero-order chi connectivity index (χ0) is 26.3. The molecule has 11 heteroatoms. The van der Waals surface area contributed by atoms with Gasteiger partial charge in [0.05, 0.1) is 0 Å². The van der Waals surface area contributed by atoms with Crippen LogP contribution >= 0.6 is 0 Å². The molecule has 1 aliphatic heterocycles. The molecule has 0 saturated carbocycles. The summed E-state index contributed by atoms with van der Waals surface area (Å²) in [6.07, 6.45) is -5.15. The van der Waals surface area contributed by atoms with Gasteiger partial charge < -0.3 is 24.6 Å². The number of benzene rings is 2. The largest absolute Gasteiger partial charge is 0.573 e. The number of nitrogens with one attached hydrogen (secondary N) is 1. The number of alkyl carbamates (subject to hydrolysis) is 1. The summed E-state index contributed by atoms with van der Waals surface area (Å²) in [5.74, 6) is -1.05. The molecule has 8 nitrogen and oxygen atoms in total. The lowest BCUT2D eigenvalue weighted by Crippen LogP contribution is -2.59. The van der Waals surface area contributed by atoms with E-state index in [1.54, 1.807) is 18.7 Å². The first kappa shape index (κ1) is 26.8. The highest BCUT2D eigenvalue weighted by Crippen LogP contribution is 2.23. The molecular weight excluding hydrogens is 479 g/mol. The fraction of sp³-hybridized carbons (Fsp3) is 0.400. The van der Waals surface area contributed by atoms with Crippen LogP contribution in [0.15, 0.2) is 54.6 Å². The molecule has 2 aromatic carbocycles. The van der Waals surface area contributed by atoms with Crippen LogP contribution in [0.5, 0.6) is 5.75 Å². The SMILES string of the molecule is CC[C@H](NC(=O)OCc1ccccc1)C(=O)N1CCN(C(=O)c2ccc(OC(F)(F)F)cc2)C[C@@H]1C. The minimum Gasteiger partial charge on any atom is -0.445 e. The predicted octanol–water partition coefficient (Wildman–Crippen LogP) is 3.96. The molecule has 2 aromatic rings. The van der Waals surface area contributed by atoms with Crippen molar-refractivity contribution >= 4 is 17.9 Å². The number of amides is 3. The highest BCUT2D eigenvalue weighted by atomic mass is 19.4. The van der Waals surface area contributed by atoms with E-state index in [-0.39, 0.29) is 49.7 Å². The number of rotatable bonds is 7. The molecule has 1 saturated heterocycles. The summed E-state index contributed by atoms with van der Waals surface area (Å²) in [5.41, 5.74) is 1.04. The summed E-state index contributed by atoms with van der Waals surface area (Å²) in [4.78, 5) is 41.3. The average Bonchev–Trinajstić information content (AvgIpc) is 2.85. The molecule has 1 heterocycles. The number of ether oxygens (including phenoxy) is 2. The standard InChI is InChI=1S/C25H28F3N3O5/c1-3-21(29-24(34)35-16-18-7-5-4-6-8-18)23(33)31-14-13-30(15-17(31)2)22(32)19-9-11-20(12-10-19)36-25(26,27)28/h4-12,17,21H,3,13-16H2,1-2H3,(H,29,34)/t17-,21-/m0/s1. The number of halogens is 3. The number of carbonyl (C=O) groups is 3. The van der Waals surface area contributed by atoms with E-state index in [1.807, 2.05) is 30.3 Å². The molecule has 0 radical (unpaired) electrons. The summed E-state index contributed by atoms with van der Waals surface area (Å²) in [5, 5.41) is 2.61. The van der Waals surface area contributed by atoms with E-state index in [0.717, 1.165) is 17.7 Å². The Morgan fingerprint density at radius 3 is 2.31 bits per heavy atom. The van der Waals surface area contributed by atoms with Crippen LogP contribution in [0.1, 0.15) is 36.2 Å². The minimum absolute atomic E-state index is 0.0811. The maximum absolute atomic E-state index is 13.1. The van der Waals surface area contributed by atoms with Crippen LogP contribution < -0.4 is 10.1 Å². The van der Waals surface area contributed by atoms with Gasteiger partial charge in [-0.3, -0.25) is 9.59 Å². The molecule has 0 aromatic heterocycles. The van der Waals surface area contributed by atoms with Crippen LogP contribution in [0.4, 0.5) is 18.0 Å². The number of hydrogen-bond donors (Lipinski definition) is 1. The van der Waals surface area contributed by atoms with Crippen LogP contribution in [-0.2, 0) is 16.1 Å². The molecule has 3 amide bonds. The topological polar surface area (TPSA) is 88.2 Å². The fourth-order valence-corrected chi connectivity index (χ4v) is 3.90. The Bertz CT molecular complexity index is 1050. The van der Waals surface area contributed by atoms with Crippen molar-refractivity contribution in [1.29, 1.82) is 0 Å². The van der Waals surface area contributed by atoms with Crippen molar-refractivity contribution < 1.29 is 37.0 Å². The average molecular weight is 508 g/mol. The van der Waals surface area contributed by atoms with Gasteiger partial charge in [0.1, 0.15) is 18.4 Å². The maximum atomic E-state index is 13.1. The van der Waals surface area contributed by atoms with Crippen molar-refractivity contribution in [2.24, 2.45) is 0 Å². The minimum atomic E-state index is -4.81. The van der Waals surface area contributed by atoms with Crippen LogP contribution in [0, 0.1) is 0 Å². The van der Waals surface area contributed by atoms with E-state index < -0.39 is 24.2 Å². The molecule has 0 unspecified atom stereocenters. The molecule has 1 fully saturated rings. The smallest absolute Gasteiger partial charge is 0.445 e. The van der Waals surface area contributed by atoms with Crippen molar-refractivity contribution in [2.45, 2.75) is 45.3 Å². The van der Waals surface area contributed by atoms with Crippen LogP contribution in [-0.4, -0.2) is 65.8 Å². The molecule has 36 heavy (non-hydrogen) atoms. The van der Waals surface area contributed by atoms with Crippen molar-refractivity contribution in [3.05, 3.63) is 65.7 Å². The monoisotopic (exact) mass is 507 g/mol. The normalized spacial score (nSPS) is 16.8. The number of carbonyl (C=O) groups excluding carboxylic acids is 3. The van der Waals surface area contributed by atoms with Gasteiger partial charge in [-0.05, 0) is 43.2 Å². The lowest BCUT2D eigenvalue weighted by Gasteiger charge is -2.41. The summed E-state index contributed by atoms with van der Waals surface area (Å²) in [7, 11) is 0. The Kier molecular flexibility index (Phi) is 8.78. The van der Waals surface area contributed by atoms with Crippen LogP contribution in [0.25, 0.3) is 0 Å². The van der Waals surface area contributed by atoms with Gasteiger partial charge in [0, 0.05) is 31.2 Å². The Hall–Kier alpha value is -3.76. The zero-order valence-corrected chi connectivity index (χ0v) is 20.0. The Balaban J connectivity index is 1.53. The second-order valence-corrected chi connectivity index (χ2v) is 8.37. The van der Waals surface area contributed by atoms with Gasteiger partial charge in [0.15, 0.2) is 0 Å². The van der Waals surface area contributed by atoms with Gasteiger partial charge in [0.25, 0.3) is 5.91 Å². The first-order valence-electron chi connectivity index (χ1n) is 11.5. The molecule has 3 rings (SSSR count). The van der Waals surface area contributed by atoms with E-state index in [4.69, 9.17) is 4.74 Å². The van der Waals surface area contributed by atoms with Crippen LogP contribution in [0.2, 0.25) is 0 Å². The highest BCUT2D eigenvalue weighted by molar-refractivity contribution is 5.94. The molecule has 0 spiro atoms. The van der Waals surface area contributed by atoms with Gasteiger partial charge in [-0.25, -0.2) is 4.79 Å². The van der Waals surface area contributed by atoms with Gasteiger partial charge in [-0.1, -0.05) is 37.3 Å². The molecule has 1 N–H and O–H groups in total. The summed E-state index contributed by atoms with van der Waals surface area (Å²) in [6, 6.07) is 12.7. The van der Waals surface area contributed by atoms with E-state index in [0.29, 0.717) is 6.42 Å². The first-order chi connectivity index (χ1) is 17.1. The lowest BCUT2D eigenvalue weighted by molar-refractivity contribution is -0.274. The van der Waals surface area contributed by atoms with Gasteiger partial charge in [0.2, 0.25) is 5.91 Å². The molecule has 0 aliphatic carbocycles. The Morgan fingerprint density at radius 2 is 1.72 bits per heavy atom. The van der Waals surface area contributed by atoms with E-state index in [1.165, 1.54) is 17.0 Å². The van der Waals surface area contributed by atoms with Gasteiger partial charge in [-0.15, -0.1) is 13.2 Å². The molecular formula is C25H28F3N3O5. The van der Waals surface area contributed by atoms with Crippen molar-refractivity contribution in [3.63, 3.8) is 0 Å². The quantitative estimate of drug-likeness (QED) is 0.613. The van der Waals surface area contributed by atoms with Crippen molar-refractivity contribution in [1.82, 2.24) is 15.1 Å². The zero-order valence-electron chi connectivity index (χ0n) is 20.0. The summed E-state index contributed by atoms with van der Waals surface area (Å²) < 4.78 is 46.1. The number of alkyl halides is 3. The van der Waals surface area contributed by atoms with Crippen molar-refractivity contribution in [3.8, 4) is 5.75 Å². The van der Waals surface area contributed by atoms with Crippen molar-refractivity contribution in [2.75, 3.05) is 19.6 Å². The third-order valence-corrected chi connectivity index (χ3v) is 5.74. The first-order valence-corrected chi connectivity index (χ1v) is 11.5. The van der Waals surface area contributed by atoms with E-state index >= 15 is 0 Å². The van der Waals surface area contributed by atoms with E-state index in [2.05, 4.69) is 10.1 Å². The molecule has 1 aliphatic rings. The number of nitrogens with zero attached hydrogens (tertiary/aromatic N) is 2. The lowest BCUT2D eigenvalue weighted by atomic mass is 10.1. The Labute approximate surface area is 207 Å². The van der Waals surface area contributed by atoms with Crippen LogP contribution in [0.3, 0.4) is 0 Å². The molecule has 2 atom stereocenters. The summed E-state index contributed by atoms with van der Waals surface area (Å²) >= 11 is 0. The molecule has 194 valence electrons. The third-order valence-electron chi connectivity index (χ3n) is 5.74. The summed E-state index contributed by atoms with van der Waals surface area (Å²) in [6.45, 7) is 4.37. The second kappa shape index (κ2) is 11.8. The number of hydrogen-bond acceptors (Lipinski definition) is 5. The third kappa shape index (κ3) is 7.37. The molecule has 0 bridgehead atoms. The maximum Gasteiger partial charge on any atom is 0.573 e. The Morgan fingerprint density at radius 1 is 1.06 bits per heavy atom. The van der Waals surface area contributed by atoms with E-state index in [9.17, 15) is 27.6 Å². The van der Waals surface area contributed by atoms with Gasteiger partial charge >= 0.3 is 12.5 Å². The fourth-order valence-electron chi connectivity index (χ4n) is 3.90. The second-order valence-electron chi connectivity index (χ2n) is 8.37. The number of piperazine rings is 1. The highest BCUT2D eigenvalue weighted by Gasteiger charge is 2.34. The van der Waals surface area contributed by atoms with Gasteiger partial charge in [-0.2, -0.15) is 0 Å².